The summed E-state index contributed by atoms with van der Waals surface area (Å²) < 4.78 is 44.1. The molecule has 2 aromatic heterocycles. The minimum Gasteiger partial charge on any atom is -0.432 e. The number of nitrogens with zero attached hydrogens (tertiary/aromatic N) is 3. The third-order valence-electron chi connectivity index (χ3n) is 4.57. The lowest BCUT2D eigenvalue weighted by Gasteiger charge is -2.29. The van der Waals surface area contributed by atoms with Crippen molar-refractivity contribution in [2.75, 3.05) is 31.1 Å². The lowest BCUT2D eigenvalue weighted by molar-refractivity contribution is -0.0521. The average molecular weight is 390 g/mol. The smallest absolute Gasteiger partial charge is 0.387 e. The number of fused-ring (bicyclic) bond motifs is 1. The van der Waals surface area contributed by atoms with Crippen molar-refractivity contribution in [2.45, 2.75) is 6.61 Å². The summed E-state index contributed by atoms with van der Waals surface area (Å²) in [4.78, 5) is 19.2. The van der Waals surface area contributed by atoms with Crippen LogP contribution in [-0.2, 0) is 0 Å². The Morgan fingerprint density at radius 1 is 1.11 bits per heavy atom. The summed E-state index contributed by atoms with van der Waals surface area (Å²) in [5.74, 6) is -1.51. The predicted octanol–water partition coefficient (Wildman–Crippen LogP) is 2.51. The molecule has 0 amide bonds. The molecular weight excluding hydrogens is 373 g/mol. The van der Waals surface area contributed by atoms with E-state index in [1.165, 1.54) is 16.5 Å². The fourth-order valence-corrected chi connectivity index (χ4v) is 3.20. The first kappa shape index (κ1) is 18.3. The highest BCUT2D eigenvalue weighted by atomic mass is 19.3. The fourth-order valence-electron chi connectivity index (χ4n) is 3.20. The Morgan fingerprint density at radius 3 is 2.61 bits per heavy atom. The van der Waals surface area contributed by atoms with Crippen LogP contribution in [0.3, 0.4) is 0 Å². The van der Waals surface area contributed by atoms with Crippen LogP contribution in [0.5, 0.6) is 5.75 Å². The van der Waals surface area contributed by atoms with Crippen molar-refractivity contribution < 1.29 is 17.9 Å². The number of alkyl halides is 2. The van der Waals surface area contributed by atoms with Gasteiger partial charge in [-0.05, 0) is 30.3 Å². The van der Waals surface area contributed by atoms with Crippen LogP contribution in [0.15, 0.2) is 47.4 Å². The minimum absolute atomic E-state index is 0.252. The third-order valence-corrected chi connectivity index (χ3v) is 4.57. The van der Waals surface area contributed by atoms with E-state index in [9.17, 15) is 18.0 Å². The maximum atomic E-state index is 14.0. The van der Waals surface area contributed by atoms with Gasteiger partial charge in [0.05, 0.1) is 11.4 Å². The van der Waals surface area contributed by atoms with Crippen molar-refractivity contribution in [1.29, 1.82) is 0 Å². The molecule has 146 valence electrons. The molecule has 4 rings (SSSR count). The standard InChI is InChI=1S/C19H17F3N4O2/c20-14-9-12(1-3-16(14)28-19(21)22)15-10-18(27)26-11-13(2-4-17(26)24-15)25-7-5-23-6-8-25/h1-4,9-11,19,23H,5-8H2. The Labute approximate surface area is 158 Å². The van der Waals surface area contributed by atoms with Crippen LogP contribution >= 0.6 is 0 Å². The van der Waals surface area contributed by atoms with Crippen molar-refractivity contribution in [3.63, 3.8) is 0 Å². The molecule has 6 nitrogen and oxygen atoms in total. The van der Waals surface area contributed by atoms with Crippen LogP contribution in [0.25, 0.3) is 16.9 Å². The Hall–Kier alpha value is -3.07. The van der Waals surface area contributed by atoms with E-state index < -0.39 is 18.2 Å². The summed E-state index contributed by atoms with van der Waals surface area (Å²) in [6.45, 7) is 0.326. The summed E-state index contributed by atoms with van der Waals surface area (Å²) in [7, 11) is 0. The Bertz CT molecular complexity index is 1060. The van der Waals surface area contributed by atoms with E-state index in [2.05, 4.69) is 19.9 Å². The zero-order chi connectivity index (χ0) is 19.7. The average Bonchev–Trinajstić information content (AvgIpc) is 2.69. The van der Waals surface area contributed by atoms with Crippen LogP contribution in [0.4, 0.5) is 18.9 Å². The van der Waals surface area contributed by atoms with Crippen LogP contribution in [0.1, 0.15) is 0 Å². The lowest BCUT2D eigenvalue weighted by atomic mass is 10.1. The molecule has 3 aromatic rings. The quantitative estimate of drug-likeness (QED) is 0.742. The van der Waals surface area contributed by atoms with Gasteiger partial charge in [0.1, 0.15) is 5.65 Å². The first-order valence-corrected chi connectivity index (χ1v) is 8.75. The fraction of sp³-hybridized carbons (Fsp3) is 0.263. The van der Waals surface area contributed by atoms with Crippen LogP contribution < -0.4 is 20.5 Å². The summed E-state index contributed by atoms with van der Waals surface area (Å²) in [5.41, 5.74) is 1.57. The molecule has 0 aliphatic carbocycles. The van der Waals surface area contributed by atoms with E-state index in [1.54, 1.807) is 12.3 Å². The highest BCUT2D eigenvalue weighted by Gasteiger charge is 2.14. The normalized spacial score (nSPS) is 14.6. The van der Waals surface area contributed by atoms with Gasteiger partial charge in [-0.1, -0.05) is 0 Å². The van der Waals surface area contributed by atoms with E-state index >= 15 is 0 Å². The third kappa shape index (κ3) is 3.65. The number of rotatable bonds is 4. The monoisotopic (exact) mass is 390 g/mol. The van der Waals surface area contributed by atoms with Gasteiger partial charge in [0.25, 0.3) is 5.56 Å². The molecule has 0 saturated carbocycles. The number of halogens is 3. The highest BCUT2D eigenvalue weighted by molar-refractivity contribution is 5.63. The van der Waals surface area contributed by atoms with Gasteiger partial charge in [-0.25, -0.2) is 9.37 Å². The molecule has 1 aromatic carbocycles. The van der Waals surface area contributed by atoms with E-state index in [0.29, 0.717) is 11.2 Å². The molecule has 0 spiro atoms. The van der Waals surface area contributed by atoms with Crippen LogP contribution in [0.2, 0.25) is 0 Å². The number of piperazine rings is 1. The van der Waals surface area contributed by atoms with Gasteiger partial charge in [-0.15, -0.1) is 0 Å². The molecule has 0 atom stereocenters. The topological polar surface area (TPSA) is 58.9 Å². The molecule has 0 bridgehead atoms. The van der Waals surface area contributed by atoms with Gasteiger partial charge in [-0.3, -0.25) is 9.20 Å². The van der Waals surface area contributed by atoms with Gasteiger partial charge in [0, 0.05) is 44.0 Å². The summed E-state index contributed by atoms with van der Waals surface area (Å²) in [6, 6.07) is 8.40. The molecule has 1 fully saturated rings. The number of nitrogens with one attached hydrogen (secondary N) is 1. The number of anilines is 1. The molecule has 9 heteroatoms. The highest BCUT2D eigenvalue weighted by Crippen LogP contribution is 2.25. The van der Waals surface area contributed by atoms with Crippen molar-refractivity contribution in [3.05, 3.63) is 58.8 Å². The second kappa shape index (κ2) is 7.51. The SMILES string of the molecule is O=c1cc(-c2ccc(OC(F)F)c(F)c2)nc2ccc(N3CCNCC3)cn12. The molecule has 0 radical (unpaired) electrons. The number of pyridine rings is 1. The number of hydrogen-bond donors (Lipinski definition) is 1. The van der Waals surface area contributed by atoms with Crippen molar-refractivity contribution in [3.8, 4) is 17.0 Å². The molecule has 28 heavy (non-hydrogen) atoms. The number of ether oxygens (including phenoxy) is 1. The number of hydrogen-bond acceptors (Lipinski definition) is 5. The predicted molar refractivity (Wildman–Crippen MR) is 98.6 cm³/mol. The second-order valence-electron chi connectivity index (χ2n) is 6.36. The van der Waals surface area contributed by atoms with Crippen molar-refractivity contribution >= 4 is 11.3 Å². The van der Waals surface area contributed by atoms with E-state index in [1.807, 2.05) is 6.07 Å². The number of aromatic nitrogens is 2. The molecule has 1 N–H and O–H groups in total. The molecule has 1 saturated heterocycles. The van der Waals surface area contributed by atoms with Gasteiger partial charge in [0.2, 0.25) is 0 Å². The van der Waals surface area contributed by atoms with Gasteiger partial charge >= 0.3 is 6.61 Å². The Morgan fingerprint density at radius 2 is 1.89 bits per heavy atom. The summed E-state index contributed by atoms with van der Waals surface area (Å²) >= 11 is 0. The molecule has 3 heterocycles. The van der Waals surface area contributed by atoms with E-state index in [0.717, 1.165) is 44.0 Å². The van der Waals surface area contributed by atoms with Crippen molar-refractivity contribution in [2.24, 2.45) is 0 Å². The Balaban J connectivity index is 1.69. The molecule has 0 unspecified atom stereocenters. The Kier molecular flexibility index (Phi) is 4.91. The van der Waals surface area contributed by atoms with E-state index in [-0.39, 0.29) is 11.3 Å². The zero-order valence-electron chi connectivity index (χ0n) is 14.7. The molecule has 1 aliphatic heterocycles. The maximum absolute atomic E-state index is 14.0. The van der Waals surface area contributed by atoms with Crippen LogP contribution in [-0.4, -0.2) is 42.2 Å². The van der Waals surface area contributed by atoms with Gasteiger partial charge in [-0.2, -0.15) is 8.78 Å². The minimum atomic E-state index is -3.12. The van der Waals surface area contributed by atoms with E-state index in [4.69, 9.17) is 0 Å². The summed E-state index contributed by atoms with van der Waals surface area (Å²) in [6.07, 6.45) is 1.74. The first-order chi connectivity index (χ1) is 13.5. The lowest BCUT2D eigenvalue weighted by Crippen LogP contribution is -2.43. The van der Waals surface area contributed by atoms with Gasteiger partial charge in [0.15, 0.2) is 11.6 Å². The summed E-state index contributed by atoms with van der Waals surface area (Å²) in [5, 5.41) is 3.27. The zero-order valence-corrected chi connectivity index (χ0v) is 14.7. The largest absolute Gasteiger partial charge is 0.432 e. The molecule has 1 aliphatic rings. The second-order valence-corrected chi connectivity index (χ2v) is 6.36. The van der Waals surface area contributed by atoms with Crippen molar-refractivity contribution in [1.82, 2.24) is 14.7 Å². The van der Waals surface area contributed by atoms with Gasteiger partial charge < -0.3 is 15.0 Å². The first-order valence-electron chi connectivity index (χ1n) is 8.75. The number of benzene rings is 1. The molecular formula is C19H17F3N4O2. The maximum Gasteiger partial charge on any atom is 0.387 e. The van der Waals surface area contributed by atoms with Crippen LogP contribution in [0, 0.1) is 5.82 Å².